The molecule has 0 saturated carbocycles. The van der Waals surface area contributed by atoms with E-state index >= 15 is 0 Å². The third-order valence-electron chi connectivity index (χ3n) is 3.66. The van der Waals surface area contributed by atoms with E-state index in [2.05, 4.69) is 0 Å². The Hall–Kier alpha value is -3.14. The van der Waals surface area contributed by atoms with Crippen molar-refractivity contribution in [2.45, 2.75) is 0 Å². The van der Waals surface area contributed by atoms with Gasteiger partial charge in [0.1, 0.15) is 17.1 Å². The number of benzene rings is 1. The first-order valence-electron chi connectivity index (χ1n) is 8.01. The van der Waals surface area contributed by atoms with E-state index in [0.29, 0.717) is 5.39 Å². The Balaban J connectivity index is 0.000000379. The fourth-order valence-electron chi connectivity index (χ4n) is 2.44. The van der Waals surface area contributed by atoms with Gasteiger partial charge in [-0.3, -0.25) is 0 Å². The number of hydrogen-bond donors (Lipinski definition) is 1. The van der Waals surface area contributed by atoms with Crippen molar-refractivity contribution in [1.29, 1.82) is 0 Å². The summed E-state index contributed by atoms with van der Waals surface area (Å²) in [7, 11) is 0. The number of allylic oxidation sites excluding steroid dienone is 1. The Morgan fingerprint density at radius 3 is 2.41 bits per heavy atom. The summed E-state index contributed by atoms with van der Waals surface area (Å²) < 4.78 is 4.99. The van der Waals surface area contributed by atoms with Crippen LogP contribution in [0.1, 0.15) is 15.9 Å². The molecule has 0 amide bonds. The number of aromatic hydroxyl groups is 1. The average molecular weight is 400 g/mol. The minimum Gasteiger partial charge on any atom is -0.508 e. The molecule has 1 aromatic heterocycles. The number of phenolic OH excluding ortho intramolecular Hbond substituents is 1. The van der Waals surface area contributed by atoms with Gasteiger partial charge in [0.05, 0.1) is 0 Å². The van der Waals surface area contributed by atoms with E-state index in [1.807, 2.05) is 54.6 Å². The van der Waals surface area contributed by atoms with Crippen molar-refractivity contribution < 1.29 is 31.4 Å². The summed E-state index contributed by atoms with van der Waals surface area (Å²) in [6.07, 6.45) is 3.10. The molecule has 0 saturated heterocycles. The SMILES string of the molecule is O=C(/C=C/[c-]1cccc1)c1cc(=O)oc2cc(O)ccc12.[Fe+2].c1cc[cH-]c1. The normalized spacial score (nSPS) is 10.2. The summed E-state index contributed by atoms with van der Waals surface area (Å²) in [5.74, 6) is -0.317. The van der Waals surface area contributed by atoms with Crippen molar-refractivity contribution >= 4 is 22.8 Å². The van der Waals surface area contributed by atoms with Crippen LogP contribution in [-0.4, -0.2) is 10.9 Å². The van der Waals surface area contributed by atoms with Crippen LogP contribution in [0.5, 0.6) is 5.75 Å². The number of phenols is 1. The van der Waals surface area contributed by atoms with E-state index in [-0.39, 0.29) is 39.7 Å². The topological polar surface area (TPSA) is 67.5 Å². The summed E-state index contributed by atoms with van der Waals surface area (Å²) in [6, 6.07) is 23.0. The van der Waals surface area contributed by atoms with E-state index in [0.717, 1.165) is 11.6 Å². The molecule has 0 radical (unpaired) electrons. The Kier molecular flexibility index (Phi) is 7.12. The van der Waals surface area contributed by atoms with Gasteiger partial charge in [0, 0.05) is 23.1 Å². The van der Waals surface area contributed by atoms with Gasteiger partial charge in [0.15, 0.2) is 0 Å². The molecule has 4 aromatic rings. The summed E-state index contributed by atoms with van der Waals surface area (Å²) in [6.45, 7) is 0. The molecule has 0 aliphatic heterocycles. The van der Waals surface area contributed by atoms with E-state index < -0.39 is 5.63 Å². The average Bonchev–Trinajstić information content (AvgIpc) is 3.34. The Morgan fingerprint density at radius 1 is 1.07 bits per heavy atom. The Labute approximate surface area is 166 Å². The summed E-state index contributed by atoms with van der Waals surface area (Å²) in [4.78, 5) is 23.8. The van der Waals surface area contributed by atoms with Crippen molar-refractivity contribution in [3.8, 4) is 5.75 Å². The zero-order chi connectivity index (χ0) is 18.4. The largest absolute Gasteiger partial charge is 2.00 e. The Morgan fingerprint density at radius 2 is 1.78 bits per heavy atom. The molecule has 0 aliphatic rings. The smallest absolute Gasteiger partial charge is 0.508 e. The van der Waals surface area contributed by atoms with Gasteiger partial charge >= 0.3 is 22.7 Å². The number of fused-ring (bicyclic) bond motifs is 1. The van der Waals surface area contributed by atoms with Gasteiger partial charge in [-0.2, -0.15) is 30.3 Å². The van der Waals surface area contributed by atoms with Crippen molar-refractivity contribution in [2.24, 2.45) is 0 Å². The minimum atomic E-state index is -0.627. The van der Waals surface area contributed by atoms with Crippen LogP contribution in [0.25, 0.3) is 17.0 Å². The third-order valence-corrected chi connectivity index (χ3v) is 3.66. The maximum atomic E-state index is 12.3. The van der Waals surface area contributed by atoms with E-state index in [1.165, 1.54) is 18.2 Å². The van der Waals surface area contributed by atoms with Crippen LogP contribution >= 0.6 is 0 Å². The van der Waals surface area contributed by atoms with E-state index in [1.54, 1.807) is 12.1 Å². The quantitative estimate of drug-likeness (QED) is 0.181. The second-order valence-corrected chi connectivity index (χ2v) is 5.54. The second kappa shape index (κ2) is 9.53. The predicted octanol–water partition coefficient (Wildman–Crippen LogP) is 4.52. The van der Waals surface area contributed by atoms with Gasteiger partial charge in [0.2, 0.25) is 0 Å². The first kappa shape index (κ1) is 20.2. The molecule has 4 rings (SSSR count). The van der Waals surface area contributed by atoms with Crippen LogP contribution in [0.2, 0.25) is 0 Å². The first-order chi connectivity index (χ1) is 12.6. The molecular formula is C22H16FeO4. The van der Waals surface area contributed by atoms with Gasteiger partial charge in [0.25, 0.3) is 0 Å². The molecule has 0 atom stereocenters. The molecule has 0 aliphatic carbocycles. The summed E-state index contributed by atoms with van der Waals surface area (Å²) >= 11 is 0. The molecule has 1 N–H and O–H groups in total. The number of carbonyl (C=O) groups excluding carboxylic acids is 1. The van der Waals surface area contributed by atoms with Gasteiger partial charge in [-0.15, -0.1) is 23.8 Å². The van der Waals surface area contributed by atoms with Gasteiger partial charge in [-0.1, -0.05) is 6.08 Å². The van der Waals surface area contributed by atoms with Gasteiger partial charge in [-0.05, 0) is 12.1 Å². The van der Waals surface area contributed by atoms with Crippen LogP contribution in [-0.2, 0) is 17.1 Å². The van der Waals surface area contributed by atoms with E-state index in [4.69, 9.17) is 4.42 Å². The van der Waals surface area contributed by atoms with Crippen LogP contribution in [0.4, 0.5) is 0 Å². The molecule has 0 unspecified atom stereocenters. The molecular weight excluding hydrogens is 384 g/mol. The molecule has 5 heteroatoms. The zero-order valence-corrected chi connectivity index (χ0v) is 15.3. The van der Waals surface area contributed by atoms with Crippen LogP contribution in [0, 0.1) is 0 Å². The monoisotopic (exact) mass is 400 g/mol. The minimum absolute atomic E-state index is 0. The van der Waals surface area contributed by atoms with Crippen molar-refractivity contribution in [1.82, 2.24) is 0 Å². The Bertz CT molecular complexity index is 1050. The fourth-order valence-corrected chi connectivity index (χ4v) is 2.44. The number of carbonyl (C=O) groups is 1. The summed E-state index contributed by atoms with van der Waals surface area (Å²) in [5.41, 5.74) is 0.725. The number of hydrogen-bond acceptors (Lipinski definition) is 4. The number of ketones is 1. The van der Waals surface area contributed by atoms with Gasteiger partial charge < -0.3 is 14.3 Å². The molecule has 3 aromatic carbocycles. The molecule has 1 heterocycles. The molecule has 136 valence electrons. The summed E-state index contributed by atoms with van der Waals surface area (Å²) in [5, 5.41) is 9.91. The van der Waals surface area contributed by atoms with Crippen molar-refractivity contribution in [3.63, 3.8) is 0 Å². The molecule has 0 bridgehead atoms. The third kappa shape index (κ3) is 5.41. The van der Waals surface area contributed by atoms with Crippen LogP contribution in [0.15, 0.2) is 94.2 Å². The second-order valence-electron chi connectivity index (χ2n) is 5.54. The predicted molar refractivity (Wildman–Crippen MR) is 102 cm³/mol. The molecule has 0 spiro atoms. The van der Waals surface area contributed by atoms with Crippen molar-refractivity contribution in [3.05, 3.63) is 106 Å². The number of rotatable bonds is 3. The standard InChI is InChI=1S/C17H11O4.C5H5.Fe/c18-12-6-7-13-14(10-17(20)21-16(13)9-12)15(19)8-5-11-3-1-2-4-11;1-2-4-5-3-1;/h1-10,18H;1-5H;/q2*-1;+2/b8-5+;;. The molecule has 0 fully saturated rings. The van der Waals surface area contributed by atoms with Crippen molar-refractivity contribution in [2.75, 3.05) is 0 Å². The first-order valence-corrected chi connectivity index (χ1v) is 8.01. The zero-order valence-electron chi connectivity index (χ0n) is 14.2. The van der Waals surface area contributed by atoms with Gasteiger partial charge in [-0.25, -0.2) is 16.9 Å². The maximum Gasteiger partial charge on any atom is 2.00 e. The molecule has 27 heavy (non-hydrogen) atoms. The van der Waals surface area contributed by atoms with Crippen LogP contribution < -0.4 is 5.63 Å². The van der Waals surface area contributed by atoms with Crippen LogP contribution in [0.3, 0.4) is 0 Å². The maximum absolute atomic E-state index is 12.3. The fraction of sp³-hybridized carbons (Fsp3) is 0. The van der Waals surface area contributed by atoms with E-state index in [9.17, 15) is 14.7 Å². The molecule has 4 nitrogen and oxygen atoms in total.